The third kappa shape index (κ3) is 2.48. The van der Waals surface area contributed by atoms with Crippen molar-refractivity contribution >= 4 is 11.3 Å². The third-order valence-corrected chi connectivity index (χ3v) is 3.42. The topological polar surface area (TPSA) is 67.6 Å². The van der Waals surface area contributed by atoms with E-state index < -0.39 is 0 Å². The quantitative estimate of drug-likeness (QED) is 0.853. The lowest BCUT2D eigenvalue weighted by molar-refractivity contribution is 0.482. The molecule has 0 amide bonds. The van der Waals surface area contributed by atoms with Crippen molar-refractivity contribution in [1.29, 1.82) is 0 Å². The number of aromatic nitrogens is 3. The third-order valence-electron chi connectivity index (χ3n) is 2.56. The van der Waals surface area contributed by atoms with Gasteiger partial charge in [0.05, 0.1) is 4.88 Å². The summed E-state index contributed by atoms with van der Waals surface area (Å²) in [5.74, 6) is 2.08. The molecule has 0 bridgehead atoms. The van der Waals surface area contributed by atoms with Crippen LogP contribution in [0.1, 0.15) is 19.7 Å². The first-order valence-corrected chi connectivity index (χ1v) is 6.25. The Morgan fingerprint density at radius 1 is 1.50 bits per heavy atom. The fourth-order valence-electron chi connectivity index (χ4n) is 1.36. The second-order valence-corrected chi connectivity index (χ2v) is 5.14. The average Bonchev–Trinajstić information content (AvgIpc) is 2.85. The van der Waals surface area contributed by atoms with Gasteiger partial charge < -0.3 is 5.73 Å². The van der Waals surface area contributed by atoms with E-state index in [9.17, 15) is 0 Å². The molecule has 2 heterocycles. The molecule has 2 aromatic heterocycles. The first-order chi connectivity index (χ1) is 7.66. The van der Waals surface area contributed by atoms with Gasteiger partial charge in [0.2, 0.25) is 0 Å². The van der Waals surface area contributed by atoms with Crippen LogP contribution in [0.5, 0.6) is 0 Å². The van der Waals surface area contributed by atoms with Crippen molar-refractivity contribution in [3.05, 3.63) is 23.3 Å². The smallest absolute Gasteiger partial charge is 0.191 e. The maximum absolute atomic E-state index is 5.99. The van der Waals surface area contributed by atoms with E-state index in [1.807, 2.05) is 17.5 Å². The van der Waals surface area contributed by atoms with Gasteiger partial charge in [-0.1, -0.05) is 19.9 Å². The SMILES string of the molecule is CC(C)C(N)Cc1nc(-c2cccs2)n[nH]1. The number of thiophene rings is 1. The molecular weight excluding hydrogens is 220 g/mol. The first kappa shape index (κ1) is 11.3. The molecule has 0 saturated heterocycles. The van der Waals surface area contributed by atoms with E-state index >= 15 is 0 Å². The Hall–Kier alpha value is -1.20. The molecule has 0 radical (unpaired) electrons. The van der Waals surface area contributed by atoms with E-state index in [1.54, 1.807) is 11.3 Å². The van der Waals surface area contributed by atoms with Gasteiger partial charge in [0.25, 0.3) is 0 Å². The highest BCUT2D eigenvalue weighted by Gasteiger charge is 2.12. The fraction of sp³-hybridized carbons (Fsp3) is 0.455. The van der Waals surface area contributed by atoms with Gasteiger partial charge in [0.1, 0.15) is 5.82 Å². The molecule has 0 saturated carbocycles. The highest BCUT2D eigenvalue weighted by atomic mass is 32.1. The predicted molar refractivity (Wildman–Crippen MR) is 66.2 cm³/mol. The van der Waals surface area contributed by atoms with Crippen LogP contribution in [0.2, 0.25) is 0 Å². The van der Waals surface area contributed by atoms with E-state index in [0.717, 1.165) is 22.9 Å². The number of hydrogen-bond acceptors (Lipinski definition) is 4. The monoisotopic (exact) mass is 236 g/mol. The van der Waals surface area contributed by atoms with Crippen molar-refractivity contribution in [1.82, 2.24) is 15.2 Å². The molecule has 5 heteroatoms. The summed E-state index contributed by atoms with van der Waals surface area (Å²) in [4.78, 5) is 5.52. The van der Waals surface area contributed by atoms with Gasteiger partial charge in [0, 0.05) is 12.5 Å². The van der Waals surface area contributed by atoms with Crippen molar-refractivity contribution < 1.29 is 0 Å². The van der Waals surface area contributed by atoms with Crippen molar-refractivity contribution in [3.63, 3.8) is 0 Å². The lowest BCUT2D eigenvalue weighted by Gasteiger charge is -2.12. The van der Waals surface area contributed by atoms with Gasteiger partial charge in [-0.2, -0.15) is 5.10 Å². The second kappa shape index (κ2) is 4.76. The van der Waals surface area contributed by atoms with Gasteiger partial charge >= 0.3 is 0 Å². The normalized spacial score (nSPS) is 13.2. The summed E-state index contributed by atoms with van der Waals surface area (Å²) in [5, 5.41) is 9.15. The van der Waals surface area contributed by atoms with E-state index in [-0.39, 0.29) is 6.04 Å². The fourth-order valence-corrected chi connectivity index (χ4v) is 2.02. The molecule has 16 heavy (non-hydrogen) atoms. The molecule has 0 aromatic carbocycles. The summed E-state index contributed by atoms with van der Waals surface area (Å²) in [5.41, 5.74) is 5.99. The first-order valence-electron chi connectivity index (χ1n) is 5.37. The molecule has 1 atom stereocenters. The number of nitrogens with zero attached hydrogens (tertiary/aromatic N) is 2. The summed E-state index contributed by atoms with van der Waals surface area (Å²) >= 11 is 1.64. The molecule has 2 rings (SSSR count). The van der Waals surface area contributed by atoms with Crippen molar-refractivity contribution in [2.45, 2.75) is 26.3 Å². The van der Waals surface area contributed by atoms with E-state index in [2.05, 4.69) is 29.0 Å². The lowest BCUT2D eigenvalue weighted by Crippen LogP contribution is -2.29. The molecule has 0 spiro atoms. The van der Waals surface area contributed by atoms with Gasteiger partial charge in [-0.3, -0.25) is 5.10 Å². The summed E-state index contributed by atoms with van der Waals surface area (Å²) < 4.78 is 0. The summed E-state index contributed by atoms with van der Waals surface area (Å²) in [6.07, 6.45) is 0.746. The zero-order valence-corrected chi connectivity index (χ0v) is 10.3. The number of nitrogens with one attached hydrogen (secondary N) is 1. The molecule has 4 nitrogen and oxygen atoms in total. The van der Waals surface area contributed by atoms with Gasteiger partial charge in [-0.05, 0) is 17.4 Å². The number of aromatic amines is 1. The molecule has 0 aliphatic heterocycles. The van der Waals surface area contributed by atoms with E-state index in [4.69, 9.17) is 5.73 Å². The Morgan fingerprint density at radius 2 is 2.31 bits per heavy atom. The number of rotatable bonds is 4. The Bertz CT molecular complexity index is 433. The van der Waals surface area contributed by atoms with Gasteiger partial charge in [0.15, 0.2) is 5.82 Å². The molecular formula is C11H16N4S. The van der Waals surface area contributed by atoms with Crippen molar-refractivity contribution in [2.24, 2.45) is 11.7 Å². The van der Waals surface area contributed by atoms with Crippen LogP contribution in [-0.4, -0.2) is 21.2 Å². The summed E-state index contributed by atoms with van der Waals surface area (Å²) in [6, 6.07) is 4.14. The van der Waals surface area contributed by atoms with Crippen LogP contribution in [0.4, 0.5) is 0 Å². The zero-order valence-electron chi connectivity index (χ0n) is 9.47. The molecule has 86 valence electrons. The Kier molecular flexibility index (Phi) is 3.36. The van der Waals surface area contributed by atoms with Gasteiger partial charge in [-0.15, -0.1) is 11.3 Å². The Morgan fingerprint density at radius 3 is 2.94 bits per heavy atom. The second-order valence-electron chi connectivity index (χ2n) is 4.20. The molecule has 1 unspecified atom stereocenters. The maximum atomic E-state index is 5.99. The molecule has 3 N–H and O–H groups in total. The minimum absolute atomic E-state index is 0.129. The maximum Gasteiger partial charge on any atom is 0.191 e. The molecule has 0 fully saturated rings. The van der Waals surface area contributed by atoms with Crippen LogP contribution in [0.3, 0.4) is 0 Å². The average molecular weight is 236 g/mol. The predicted octanol–water partition coefficient (Wildman–Crippen LogP) is 2.06. The van der Waals surface area contributed by atoms with Crippen LogP contribution in [-0.2, 0) is 6.42 Å². The highest BCUT2D eigenvalue weighted by Crippen LogP contribution is 2.20. The van der Waals surface area contributed by atoms with Gasteiger partial charge in [-0.25, -0.2) is 4.98 Å². The zero-order chi connectivity index (χ0) is 11.5. The van der Waals surface area contributed by atoms with E-state index in [1.165, 1.54) is 0 Å². The van der Waals surface area contributed by atoms with Crippen LogP contribution in [0, 0.1) is 5.92 Å². The summed E-state index contributed by atoms with van der Waals surface area (Å²) in [6.45, 7) is 4.22. The minimum atomic E-state index is 0.129. The van der Waals surface area contributed by atoms with Crippen molar-refractivity contribution in [2.75, 3.05) is 0 Å². The van der Waals surface area contributed by atoms with Crippen LogP contribution >= 0.6 is 11.3 Å². The highest BCUT2D eigenvalue weighted by molar-refractivity contribution is 7.13. The molecule has 0 aliphatic carbocycles. The lowest BCUT2D eigenvalue weighted by atomic mass is 10.0. The Balaban J connectivity index is 2.08. The van der Waals surface area contributed by atoms with Crippen LogP contribution < -0.4 is 5.73 Å². The largest absolute Gasteiger partial charge is 0.327 e. The van der Waals surface area contributed by atoms with Crippen LogP contribution in [0.15, 0.2) is 17.5 Å². The minimum Gasteiger partial charge on any atom is -0.327 e. The number of hydrogen-bond donors (Lipinski definition) is 2. The standard InChI is InChI=1S/C11H16N4S/c1-7(2)8(12)6-10-13-11(15-14-10)9-4-3-5-16-9/h3-5,7-8H,6,12H2,1-2H3,(H,13,14,15). The van der Waals surface area contributed by atoms with E-state index in [0.29, 0.717) is 5.92 Å². The number of nitrogens with two attached hydrogens (primary N) is 1. The van der Waals surface area contributed by atoms with Crippen molar-refractivity contribution in [3.8, 4) is 10.7 Å². The molecule has 2 aromatic rings. The summed E-state index contributed by atoms with van der Waals surface area (Å²) in [7, 11) is 0. The number of H-pyrrole nitrogens is 1. The molecule has 0 aliphatic rings. The van der Waals surface area contributed by atoms with Crippen LogP contribution in [0.25, 0.3) is 10.7 Å². The Labute approximate surface area is 98.9 Å².